The van der Waals surface area contributed by atoms with Crippen LogP contribution < -0.4 is 0 Å². The molecule has 1 atom stereocenters. The molecule has 0 saturated carbocycles. The van der Waals surface area contributed by atoms with Crippen LogP contribution in [0.2, 0.25) is 5.02 Å². The highest BCUT2D eigenvalue weighted by Crippen LogP contribution is 2.33. The maximum absolute atomic E-state index is 12.9. The van der Waals surface area contributed by atoms with E-state index in [0.717, 1.165) is 38.5 Å². The second-order valence-electron chi connectivity index (χ2n) is 7.08. The fourth-order valence-electron chi connectivity index (χ4n) is 3.57. The Bertz CT molecular complexity index is 1220. The van der Waals surface area contributed by atoms with Gasteiger partial charge in [-0.3, -0.25) is 4.79 Å². The molecule has 31 heavy (non-hydrogen) atoms. The van der Waals surface area contributed by atoms with Crippen molar-refractivity contribution >= 4 is 39.1 Å². The van der Waals surface area contributed by atoms with Crippen molar-refractivity contribution in [3.63, 3.8) is 0 Å². The minimum Gasteiger partial charge on any atom is -0.377 e. The average Bonchev–Trinajstić information content (AvgIpc) is 3.39. The molecular formula is C21H21ClN6O2S. The normalized spacial score (nSPS) is 12.4. The number of halogens is 1. The Kier molecular flexibility index (Phi) is 6.35. The average molecular weight is 457 g/mol. The van der Waals surface area contributed by atoms with Crippen molar-refractivity contribution in [3.8, 4) is 5.82 Å². The van der Waals surface area contributed by atoms with E-state index in [4.69, 9.17) is 16.3 Å². The summed E-state index contributed by atoms with van der Waals surface area (Å²) in [5.41, 5.74) is 3.34. The van der Waals surface area contributed by atoms with E-state index in [2.05, 4.69) is 32.1 Å². The number of Topliss-reactive ketones (excluding diaryl/α,β-unsaturated/α-hetero) is 1. The zero-order chi connectivity index (χ0) is 22.0. The first-order valence-electron chi connectivity index (χ1n) is 9.80. The summed E-state index contributed by atoms with van der Waals surface area (Å²) in [6, 6.07) is 1.72. The van der Waals surface area contributed by atoms with Gasteiger partial charge in [0, 0.05) is 37.9 Å². The molecule has 0 aliphatic carbocycles. The summed E-state index contributed by atoms with van der Waals surface area (Å²) in [5.74, 6) is 0.452. The number of aryl methyl sites for hydroxylation is 1. The molecule has 4 aromatic heterocycles. The molecule has 0 radical (unpaired) electrons. The Morgan fingerprint density at radius 3 is 2.68 bits per heavy atom. The van der Waals surface area contributed by atoms with Crippen LogP contribution in [0.15, 0.2) is 30.9 Å². The van der Waals surface area contributed by atoms with Gasteiger partial charge in [0.1, 0.15) is 16.1 Å². The van der Waals surface area contributed by atoms with Crippen molar-refractivity contribution in [2.45, 2.75) is 39.2 Å². The van der Waals surface area contributed by atoms with Crippen LogP contribution in [0.5, 0.6) is 0 Å². The smallest absolute Gasteiger partial charge is 0.193 e. The van der Waals surface area contributed by atoms with Gasteiger partial charge in [0.15, 0.2) is 5.82 Å². The Morgan fingerprint density at radius 1 is 1.23 bits per heavy atom. The number of thiazole rings is 1. The Morgan fingerprint density at radius 2 is 2.00 bits per heavy atom. The highest BCUT2D eigenvalue weighted by Gasteiger charge is 2.22. The second-order valence-corrected chi connectivity index (χ2v) is 8.66. The van der Waals surface area contributed by atoms with Crippen LogP contribution in [0.1, 0.15) is 41.1 Å². The first-order chi connectivity index (χ1) is 15.0. The largest absolute Gasteiger partial charge is 0.377 e. The van der Waals surface area contributed by atoms with E-state index < -0.39 is 0 Å². The fraction of sp³-hybridized carbons (Fsp3) is 0.333. The first-order valence-corrected chi connectivity index (χ1v) is 11.0. The number of ketones is 1. The van der Waals surface area contributed by atoms with E-state index in [1.54, 1.807) is 38.0 Å². The van der Waals surface area contributed by atoms with Gasteiger partial charge < -0.3 is 4.74 Å². The van der Waals surface area contributed by atoms with Crippen molar-refractivity contribution < 1.29 is 9.53 Å². The monoisotopic (exact) mass is 456 g/mol. The molecule has 1 unspecified atom stereocenters. The Labute approximate surface area is 188 Å². The van der Waals surface area contributed by atoms with Crippen molar-refractivity contribution in [1.29, 1.82) is 0 Å². The van der Waals surface area contributed by atoms with Crippen LogP contribution in [0, 0.1) is 6.92 Å². The van der Waals surface area contributed by atoms with Gasteiger partial charge in [0.2, 0.25) is 0 Å². The molecule has 0 aliphatic rings. The fourth-order valence-corrected chi connectivity index (χ4v) is 4.61. The van der Waals surface area contributed by atoms with Crippen LogP contribution in [0.4, 0.5) is 0 Å². The molecular weight excluding hydrogens is 436 g/mol. The lowest BCUT2D eigenvalue weighted by Gasteiger charge is -2.18. The molecule has 0 fully saturated rings. The van der Waals surface area contributed by atoms with E-state index in [9.17, 15) is 4.79 Å². The summed E-state index contributed by atoms with van der Waals surface area (Å²) < 4.78 is 5.69. The maximum Gasteiger partial charge on any atom is 0.193 e. The van der Waals surface area contributed by atoms with Gasteiger partial charge in [0.05, 0.1) is 28.5 Å². The van der Waals surface area contributed by atoms with Crippen LogP contribution in [-0.4, -0.2) is 42.8 Å². The maximum atomic E-state index is 12.9. The summed E-state index contributed by atoms with van der Waals surface area (Å²) in [6.45, 7) is 4.00. The topological polar surface area (TPSA) is 95.7 Å². The third-order valence-corrected chi connectivity index (χ3v) is 6.06. The number of fused-ring (bicyclic) bond motifs is 1. The predicted molar refractivity (Wildman–Crippen MR) is 119 cm³/mol. The number of ether oxygens (including phenoxy) is 1. The number of pyridine rings is 2. The summed E-state index contributed by atoms with van der Waals surface area (Å²) in [4.78, 5) is 28.6. The molecule has 0 aromatic carbocycles. The molecule has 0 spiro atoms. The lowest BCUT2D eigenvalue weighted by molar-refractivity contribution is -0.117. The molecule has 4 aromatic rings. The van der Waals surface area contributed by atoms with Crippen LogP contribution >= 0.6 is 22.9 Å². The zero-order valence-corrected chi connectivity index (χ0v) is 18.9. The van der Waals surface area contributed by atoms with Crippen molar-refractivity contribution in [2.75, 3.05) is 7.11 Å². The molecule has 160 valence electrons. The summed E-state index contributed by atoms with van der Waals surface area (Å²) in [6.07, 6.45) is 7.55. The van der Waals surface area contributed by atoms with Gasteiger partial charge >= 0.3 is 0 Å². The summed E-state index contributed by atoms with van der Waals surface area (Å²) in [5, 5.41) is 9.38. The van der Waals surface area contributed by atoms with Gasteiger partial charge in [-0.05, 0) is 30.5 Å². The van der Waals surface area contributed by atoms with Gasteiger partial charge in [-0.25, -0.2) is 15.0 Å². The first kappa shape index (κ1) is 21.5. The lowest BCUT2D eigenvalue weighted by Crippen LogP contribution is -2.13. The van der Waals surface area contributed by atoms with E-state index in [1.807, 2.05) is 6.92 Å². The SMILES string of the molecule is CCC(OC)c1c(CC(=O)Cc2cnc(-n3nccn3)c(Cl)c2)cnc2sc(C)nc12. The Balaban J connectivity index is 1.58. The predicted octanol–water partition coefficient (Wildman–Crippen LogP) is 4.08. The molecule has 4 rings (SSSR count). The number of hydrogen-bond donors (Lipinski definition) is 0. The standard InChI is InChI=1S/C21H21ClN6O2S/c1-4-17(30-3)18-14(11-24-21-19(18)27-12(2)31-21)9-15(29)7-13-8-16(22)20(23-10-13)28-25-5-6-26-28/h5-6,8,10-11,17H,4,7,9H2,1-3H3. The van der Waals surface area contributed by atoms with Crippen LogP contribution in [0.3, 0.4) is 0 Å². The number of carbonyl (C=O) groups excluding carboxylic acids is 1. The second kappa shape index (κ2) is 9.17. The van der Waals surface area contributed by atoms with E-state index >= 15 is 0 Å². The van der Waals surface area contributed by atoms with E-state index in [0.29, 0.717) is 10.8 Å². The van der Waals surface area contributed by atoms with Gasteiger partial charge in [-0.2, -0.15) is 10.2 Å². The number of methoxy groups -OCH3 is 1. The Hall–Kier alpha value is -2.75. The molecule has 0 bridgehead atoms. The number of hydrogen-bond acceptors (Lipinski definition) is 8. The third kappa shape index (κ3) is 4.48. The quantitative estimate of drug-likeness (QED) is 0.394. The molecule has 0 saturated heterocycles. The third-order valence-electron chi connectivity index (χ3n) is 4.91. The number of rotatable bonds is 8. The van der Waals surface area contributed by atoms with Gasteiger partial charge in [-0.1, -0.05) is 29.9 Å². The van der Waals surface area contributed by atoms with Crippen molar-refractivity contribution in [2.24, 2.45) is 0 Å². The molecule has 8 nitrogen and oxygen atoms in total. The minimum absolute atomic E-state index is 0.0307. The molecule has 4 heterocycles. The minimum atomic E-state index is -0.147. The number of nitrogens with zero attached hydrogens (tertiary/aromatic N) is 6. The molecule has 0 N–H and O–H groups in total. The summed E-state index contributed by atoms with van der Waals surface area (Å²) in [7, 11) is 1.68. The van der Waals surface area contributed by atoms with Gasteiger partial charge in [0.25, 0.3) is 0 Å². The van der Waals surface area contributed by atoms with E-state index in [-0.39, 0.29) is 24.7 Å². The number of aromatic nitrogens is 6. The van der Waals surface area contributed by atoms with Crippen LogP contribution in [0.25, 0.3) is 16.2 Å². The van der Waals surface area contributed by atoms with Crippen molar-refractivity contribution in [1.82, 2.24) is 29.9 Å². The van der Waals surface area contributed by atoms with E-state index in [1.165, 1.54) is 16.1 Å². The molecule has 10 heteroatoms. The number of carbonyl (C=O) groups is 1. The lowest BCUT2D eigenvalue weighted by atomic mass is 9.96. The highest BCUT2D eigenvalue weighted by molar-refractivity contribution is 7.18. The van der Waals surface area contributed by atoms with Gasteiger partial charge in [-0.15, -0.1) is 4.80 Å². The highest BCUT2D eigenvalue weighted by atomic mass is 35.5. The molecule has 0 aliphatic heterocycles. The summed E-state index contributed by atoms with van der Waals surface area (Å²) >= 11 is 7.87. The van der Waals surface area contributed by atoms with Crippen molar-refractivity contribution in [3.05, 3.63) is 57.6 Å². The van der Waals surface area contributed by atoms with Crippen LogP contribution in [-0.2, 0) is 22.4 Å². The zero-order valence-electron chi connectivity index (χ0n) is 17.4. The molecule has 0 amide bonds.